The van der Waals surface area contributed by atoms with E-state index >= 15 is 0 Å². The Kier molecular flexibility index (Phi) is 9.81. The van der Waals surface area contributed by atoms with Crippen molar-refractivity contribution in [1.82, 2.24) is 14.9 Å². The van der Waals surface area contributed by atoms with Gasteiger partial charge in [0.2, 0.25) is 5.88 Å². The van der Waals surface area contributed by atoms with E-state index in [0.29, 0.717) is 43.4 Å². The lowest BCUT2D eigenvalue weighted by atomic mass is 9.98. The molecule has 1 aliphatic rings. The van der Waals surface area contributed by atoms with Crippen molar-refractivity contribution in [2.24, 2.45) is 5.92 Å². The van der Waals surface area contributed by atoms with E-state index in [-0.39, 0.29) is 5.82 Å². The summed E-state index contributed by atoms with van der Waals surface area (Å²) in [5.74, 6) is 0.946. The molecule has 3 amide bonds. The molecule has 44 heavy (non-hydrogen) atoms. The number of pyridine rings is 2. The molecule has 0 bridgehead atoms. The summed E-state index contributed by atoms with van der Waals surface area (Å²) < 4.78 is 16.9. The van der Waals surface area contributed by atoms with Crippen LogP contribution in [0.15, 0.2) is 48.8 Å². The van der Waals surface area contributed by atoms with Crippen LogP contribution in [0.4, 0.5) is 25.9 Å². The number of piperidine rings is 1. The number of carbonyl (C=O) groups excluding carboxylic acids is 2. The molecular weight excluding hydrogens is 566 g/mol. The van der Waals surface area contributed by atoms with Gasteiger partial charge in [-0.2, -0.15) is 4.90 Å². The number of benzene rings is 1. The van der Waals surface area contributed by atoms with Crippen LogP contribution < -0.4 is 15.0 Å². The number of nitrogens with one attached hydrogen (secondary N) is 1. The largest absolute Gasteiger partial charge is 0.477 e. The van der Waals surface area contributed by atoms with Crippen molar-refractivity contribution < 1.29 is 33.7 Å². The Bertz CT molecular complexity index is 1450. The van der Waals surface area contributed by atoms with E-state index in [1.54, 1.807) is 59.9 Å². The van der Waals surface area contributed by atoms with Crippen LogP contribution in [-0.4, -0.2) is 69.2 Å². The minimum atomic E-state index is -0.877. The fraction of sp³-hybridized carbons (Fsp3) is 0.469. The van der Waals surface area contributed by atoms with Gasteiger partial charge in [0.1, 0.15) is 11.2 Å². The Balaban J connectivity index is 1.41. The molecule has 3 heterocycles. The van der Waals surface area contributed by atoms with E-state index in [1.807, 2.05) is 24.3 Å². The SMILES string of the molecule is CC(C)(C)OC(=O)N(C(=O)OC(C)(C)C)c1nccc2cc(NCc3ccc(OCC4CCN(C(=O)O)CC4)nc3)ccc12. The smallest absolute Gasteiger partial charge is 0.425 e. The lowest BCUT2D eigenvalue weighted by Crippen LogP contribution is -2.44. The summed E-state index contributed by atoms with van der Waals surface area (Å²) in [6.45, 7) is 12.4. The molecule has 12 nitrogen and oxygen atoms in total. The van der Waals surface area contributed by atoms with E-state index in [1.165, 1.54) is 11.1 Å². The van der Waals surface area contributed by atoms with Gasteiger partial charge in [-0.15, -0.1) is 0 Å². The first-order valence-electron chi connectivity index (χ1n) is 14.6. The summed E-state index contributed by atoms with van der Waals surface area (Å²) in [6.07, 6.45) is 2.20. The quantitative estimate of drug-likeness (QED) is 0.298. The topological polar surface area (TPSA) is 143 Å². The molecule has 236 valence electrons. The van der Waals surface area contributed by atoms with E-state index in [0.717, 1.165) is 34.4 Å². The molecule has 2 aromatic heterocycles. The molecule has 0 radical (unpaired) electrons. The number of hydrogen-bond acceptors (Lipinski definition) is 9. The van der Waals surface area contributed by atoms with Gasteiger partial charge in [0.25, 0.3) is 0 Å². The maximum atomic E-state index is 13.2. The van der Waals surface area contributed by atoms with E-state index in [2.05, 4.69) is 15.3 Å². The van der Waals surface area contributed by atoms with Gasteiger partial charge >= 0.3 is 18.3 Å². The fourth-order valence-electron chi connectivity index (χ4n) is 4.61. The van der Waals surface area contributed by atoms with E-state index < -0.39 is 29.5 Å². The maximum Gasteiger partial charge on any atom is 0.425 e. The molecule has 0 spiro atoms. The summed E-state index contributed by atoms with van der Waals surface area (Å²) >= 11 is 0. The number of ether oxygens (including phenoxy) is 3. The summed E-state index contributed by atoms with van der Waals surface area (Å²) in [5, 5.41) is 13.8. The van der Waals surface area contributed by atoms with Gasteiger partial charge in [0.05, 0.1) is 6.61 Å². The van der Waals surface area contributed by atoms with Crippen LogP contribution in [0.5, 0.6) is 5.88 Å². The van der Waals surface area contributed by atoms with Gasteiger partial charge < -0.3 is 29.5 Å². The number of imide groups is 1. The molecule has 1 fully saturated rings. The highest BCUT2D eigenvalue weighted by atomic mass is 16.6. The van der Waals surface area contributed by atoms with Crippen molar-refractivity contribution in [2.45, 2.75) is 72.1 Å². The van der Waals surface area contributed by atoms with Crippen LogP contribution in [-0.2, 0) is 16.0 Å². The standard InChI is InChI=1S/C32H41N5O7/c1-31(2,3)43-29(40)37(30(41)44-32(4,5)6)27-25-9-8-24(17-23(25)11-14-33-27)34-18-22-7-10-26(35-19-22)42-20-21-12-15-36(16-13-21)28(38)39/h7-11,14,17,19,21,34H,12-13,15-16,18,20H2,1-6H3,(H,38,39). The van der Waals surface area contributed by atoms with Crippen molar-refractivity contribution in [3.8, 4) is 5.88 Å². The normalized spacial score (nSPS) is 14.2. The number of hydrogen-bond donors (Lipinski definition) is 2. The van der Waals surface area contributed by atoms with Crippen LogP contribution >= 0.6 is 0 Å². The lowest BCUT2D eigenvalue weighted by Gasteiger charge is -2.29. The Hall–Kier alpha value is -4.61. The highest BCUT2D eigenvalue weighted by Crippen LogP contribution is 2.30. The minimum Gasteiger partial charge on any atom is -0.477 e. The zero-order chi connectivity index (χ0) is 32.1. The fourth-order valence-corrected chi connectivity index (χ4v) is 4.61. The Morgan fingerprint density at radius 2 is 1.61 bits per heavy atom. The van der Waals surface area contributed by atoms with Gasteiger partial charge in [-0.25, -0.2) is 24.4 Å². The molecule has 1 aromatic carbocycles. The van der Waals surface area contributed by atoms with Crippen molar-refractivity contribution in [2.75, 3.05) is 29.9 Å². The number of amides is 3. The first-order valence-corrected chi connectivity index (χ1v) is 14.6. The molecule has 1 saturated heterocycles. The molecule has 0 saturated carbocycles. The molecule has 12 heteroatoms. The highest BCUT2D eigenvalue weighted by Gasteiger charge is 2.34. The molecular formula is C32H41N5O7. The van der Waals surface area contributed by atoms with Gasteiger partial charge in [0.15, 0.2) is 5.82 Å². The zero-order valence-electron chi connectivity index (χ0n) is 26.1. The molecule has 0 atom stereocenters. The summed E-state index contributed by atoms with van der Waals surface area (Å²) in [6, 6.07) is 11.1. The van der Waals surface area contributed by atoms with Gasteiger partial charge in [0, 0.05) is 49.2 Å². The van der Waals surface area contributed by atoms with Crippen molar-refractivity contribution in [3.05, 3.63) is 54.4 Å². The number of likely N-dealkylation sites (tertiary alicyclic amines) is 1. The van der Waals surface area contributed by atoms with Crippen molar-refractivity contribution >= 4 is 40.6 Å². The zero-order valence-corrected chi connectivity index (χ0v) is 26.1. The van der Waals surface area contributed by atoms with E-state index in [9.17, 15) is 14.4 Å². The molecule has 1 aliphatic heterocycles. The average molecular weight is 608 g/mol. The van der Waals surface area contributed by atoms with Crippen LogP contribution in [0.3, 0.4) is 0 Å². The molecule has 0 unspecified atom stereocenters. The van der Waals surface area contributed by atoms with Gasteiger partial charge in [-0.1, -0.05) is 6.07 Å². The number of carboxylic acid groups (broad SMARTS) is 1. The Morgan fingerprint density at radius 3 is 2.18 bits per heavy atom. The number of anilines is 2. The third-order valence-electron chi connectivity index (χ3n) is 6.75. The lowest BCUT2D eigenvalue weighted by molar-refractivity contribution is 0.0429. The number of carbonyl (C=O) groups is 3. The predicted molar refractivity (Wildman–Crippen MR) is 166 cm³/mol. The van der Waals surface area contributed by atoms with Crippen molar-refractivity contribution in [1.29, 1.82) is 0 Å². The number of aromatic nitrogens is 2. The Morgan fingerprint density at radius 1 is 0.955 bits per heavy atom. The minimum absolute atomic E-state index is 0.116. The van der Waals surface area contributed by atoms with Crippen LogP contribution in [0, 0.1) is 5.92 Å². The first kappa shape index (κ1) is 32.3. The van der Waals surface area contributed by atoms with Gasteiger partial charge in [-0.3, -0.25) is 0 Å². The van der Waals surface area contributed by atoms with Crippen LogP contribution in [0.1, 0.15) is 59.9 Å². The number of rotatable bonds is 7. The molecule has 0 aliphatic carbocycles. The highest BCUT2D eigenvalue weighted by molar-refractivity contribution is 6.14. The van der Waals surface area contributed by atoms with Crippen molar-refractivity contribution in [3.63, 3.8) is 0 Å². The van der Waals surface area contributed by atoms with E-state index in [4.69, 9.17) is 19.3 Å². The predicted octanol–water partition coefficient (Wildman–Crippen LogP) is 6.69. The Labute approximate surface area is 257 Å². The second-order valence-corrected chi connectivity index (χ2v) is 12.7. The molecule has 3 aromatic rings. The second-order valence-electron chi connectivity index (χ2n) is 12.7. The monoisotopic (exact) mass is 607 g/mol. The summed E-state index contributed by atoms with van der Waals surface area (Å²) in [5.41, 5.74) is 0.103. The third-order valence-corrected chi connectivity index (χ3v) is 6.75. The molecule has 2 N–H and O–H groups in total. The number of fused-ring (bicyclic) bond motifs is 1. The summed E-state index contributed by atoms with van der Waals surface area (Å²) in [7, 11) is 0. The van der Waals surface area contributed by atoms with Gasteiger partial charge in [-0.05, 0) is 95.5 Å². The van der Waals surface area contributed by atoms with Crippen LogP contribution in [0.2, 0.25) is 0 Å². The van der Waals surface area contributed by atoms with Crippen LogP contribution in [0.25, 0.3) is 10.8 Å². The molecule has 4 rings (SSSR count). The summed E-state index contributed by atoms with van der Waals surface area (Å²) in [4.78, 5) is 48.4. The maximum absolute atomic E-state index is 13.2. The average Bonchev–Trinajstić information content (AvgIpc) is 2.94. The second kappa shape index (κ2) is 13.4. The third kappa shape index (κ3) is 8.95. The number of nitrogens with zero attached hydrogens (tertiary/aromatic N) is 4. The first-order chi connectivity index (χ1) is 20.7.